The molecule has 0 atom stereocenters. The van der Waals surface area contributed by atoms with Crippen LogP contribution in [0.3, 0.4) is 0 Å². The molecule has 18 heteroatoms. The summed E-state index contributed by atoms with van der Waals surface area (Å²) in [4.78, 5) is 0. The van der Waals surface area contributed by atoms with E-state index in [1.807, 2.05) is 0 Å². The van der Waals surface area contributed by atoms with Gasteiger partial charge in [0.05, 0.1) is 10.1 Å². The number of hydrogen-bond acceptors (Lipinski definition) is 3. The summed E-state index contributed by atoms with van der Waals surface area (Å²) in [6.07, 6.45) is -12.6. The van der Waals surface area contributed by atoms with E-state index in [-0.39, 0.29) is 51.4 Å². The molecule has 0 aromatic rings. The van der Waals surface area contributed by atoms with E-state index in [1.165, 1.54) is 0 Å². The summed E-state index contributed by atoms with van der Waals surface area (Å²) in [6, 6.07) is 0. The fourth-order valence-electron chi connectivity index (χ4n) is 1.58. The SMILES string of the molecule is O=S(=O)([O-])CCCCC(F)(F)C(F)(F)C(F)(F)C(F)(F)C(F)(F)C(F)(F)F.[K+]. The summed E-state index contributed by atoms with van der Waals surface area (Å²) in [7, 11) is -5.04. The molecule has 3 nitrogen and oxygen atoms in total. The van der Waals surface area contributed by atoms with E-state index >= 15 is 0 Å². The molecule has 0 saturated heterocycles. The zero-order chi connectivity index (χ0) is 22.3. The first-order chi connectivity index (χ1) is 11.5. The average molecular weight is 494 g/mol. The zero-order valence-electron chi connectivity index (χ0n) is 13.4. The Hall–Kier alpha value is 0.636. The number of unbranched alkanes of at least 4 members (excludes halogenated alkanes) is 1. The maximum Gasteiger partial charge on any atom is 1.00 e. The van der Waals surface area contributed by atoms with Gasteiger partial charge in [0.15, 0.2) is 0 Å². The Morgan fingerprint density at radius 1 is 0.607 bits per heavy atom. The third-order valence-corrected chi connectivity index (χ3v) is 3.92. The van der Waals surface area contributed by atoms with Gasteiger partial charge in [-0.25, -0.2) is 8.42 Å². The van der Waals surface area contributed by atoms with Gasteiger partial charge in [0, 0.05) is 12.2 Å². The van der Waals surface area contributed by atoms with E-state index in [4.69, 9.17) is 0 Å². The largest absolute Gasteiger partial charge is 1.00 e. The Labute approximate surface area is 191 Å². The van der Waals surface area contributed by atoms with Crippen LogP contribution in [-0.2, 0) is 10.1 Å². The van der Waals surface area contributed by atoms with Gasteiger partial charge in [-0.3, -0.25) is 0 Å². The van der Waals surface area contributed by atoms with Gasteiger partial charge in [0.25, 0.3) is 0 Å². The van der Waals surface area contributed by atoms with Crippen molar-refractivity contribution in [3.05, 3.63) is 0 Å². The van der Waals surface area contributed by atoms with Crippen LogP contribution in [0, 0.1) is 0 Å². The normalized spacial score (nSPS) is 15.4. The maximum absolute atomic E-state index is 13.2. The molecule has 0 aliphatic rings. The van der Waals surface area contributed by atoms with Crippen LogP contribution in [0.25, 0.3) is 0 Å². The number of alkyl halides is 13. The number of rotatable bonds is 9. The van der Waals surface area contributed by atoms with E-state index in [0.717, 1.165) is 0 Å². The standard InChI is InChI=1S/C10H9F13O3S.K/c11-5(12,3-1-2-4-27(24,25)26)6(13,14)7(15,16)8(17,18)9(19,20)10(21,22)23;/h1-4H2,(H,24,25,26);/q;+1/p-1. The molecule has 0 amide bonds. The van der Waals surface area contributed by atoms with Gasteiger partial charge in [-0.2, -0.15) is 57.1 Å². The molecule has 0 unspecified atom stereocenters. The van der Waals surface area contributed by atoms with Crippen molar-refractivity contribution in [2.75, 3.05) is 5.75 Å². The third-order valence-electron chi connectivity index (χ3n) is 3.13. The minimum absolute atomic E-state index is 0. The molecule has 0 aromatic carbocycles. The van der Waals surface area contributed by atoms with Gasteiger partial charge in [-0.05, 0) is 12.8 Å². The predicted molar refractivity (Wildman–Crippen MR) is 59.2 cm³/mol. The van der Waals surface area contributed by atoms with E-state index in [9.17, 15) is 70.0 Å². The summed E-state index contributed by atoms with van der Waals surface area (Å²) in [6.45, 7) is 0. The summed E-state index contributed by atoms with van der Waals surface area (Å²) < 4.78 is 196. The molecule has 0 rings (SSSR count). The van der Waals surface area contributed by atoms with Crippen molar-refractivity contribution in [2.24, 2.45) is 0 Å². The van der Waals surface area contributed by atoms with Crippen molar-refractivity contribution >= 4 is 10.1 Å². The first-order valence-corrected chi connectivity index (χ1v) is 7.93. The molecule has 0 aliphatic carbocycles. The van der Waals surface area contributed by atoms with Gasteiger partial charge in [0.2, 0.25) is 0 Å². The Morgan fingerprint density at radius 3 is 1.29 bits per heavy atom. The quantitative estimate of drug-likeness (QED) is 0.211. The fraction of sp³-hybridized carbons (Fsp3) is 1.00. The fourth-order valence-corrected chi connectivity index (χ4v) is 2.14. The summed E-state index contributed by atoms with van der Waals surface area (Å²) >= 11 is 0. The minimum atomic E-state index is -7.97. The van der Waals surface area contributed by atoms with E-state index < -0.39 is 70.9 Å². The first kappa shape index (κ1) is 30.8. The topological polar surface area (TPSA) is 57.2 Å². The maximum atomic E-state index is 13.2. The molecule has 28 heavy (non-hydrogen) atoms. The Bertz CT molecular complexity index is 629. The summed E-state index contributed by atoms with van der Waals surface area (Å²) in [5.41, 5.74) is 0. The Morgan fingerprint density at radius 2 is 0.964 bits per heavy atom. The second kappa shape index (κ2) is 9.02. The van der Waals surface area contributed by atoms with E-state index in [1.54, 1.807) is 0 Å². The number of halogens is 13. The minimum Gasteiger partial charge on any atom is -0.748 e. The van der Waals surface area contributed by atoms with Gasteiger partial charge >= 0.3 is 87.2 Å². The van der Waals surface area contributed by atoms with Crippen molar-refractivity contribution in [3.63, 3.8) is 0 Å². The molecule has 164 valence electrons. The van der Waals surface area contributed by atoms with Crippen molar-refractivity contribution < 1.29 is 121 Å². The van der Waals surface area contributed by atoms with Gasteiger partial charge < -0.3 is 4.55 Å². The second-order valence-corrected chi connectivity index (χ2v) is 6.74. The average Bonchev–Trinajstić information content (AvgIpc) is 2.40. The number of hydrogen-bond donors (Lipinski definition) is 0. The third kappa shape index (κ3) is 5.86. The van der Waals surface area contributed by atoms with Crippen LogP contribution in [0.1, 0.15) is 19.3 Å². The van der Waals surface area contributed by atoms with Gasteiger partial charge in [0.1, 0.15) is 0 Å². The van der Waals surface area contributed by atoms with Gasteiger partial charge in [-0.1, -0.05) is 0 Å². The van der Waals surface area contributed by atoms with Gasteiger partial charge in [-0.15, -0.1) is 0 Å². The molecule has 0 fully saturated rings. The smallest absolute Gasteiger partial charge is 0.748 e. The second-order valence-electron chi connectivity index (χ2n) is 5.22. The molecular formula is C10H8F13KO3S. The molecule has 0 aromatic heterocycles. The predicted octanol–water partition coefficient (Wildman–Crippen LogP) is 1.44. The molecule has 0 aliphatic heterocycles. The molecule has 0 spiro atoms. The molecule has 0 N–H and O–H groups in total. The van der Waals surface area contributed by atoms with E-state index in [2.05, 4.69) is 0 Å². The Kier molecular flexibility index (Phi) is 9.93. The molecular weight excluding hydrogens is 486 g/mol. The molecule has 0 bridgehead atoms. The van der Waals surface area contributed by atoms with Crippen molar-refractivity contribution in [1.29, 1.82) is 0 Å². The first-order valence-electron chi connectivity index (χ1n) is 6.35. The van der Waals surface area contributed by atoms with Crippen LogP contribution < -0.4 is 51.4 Å². The van der Waals surface area contributed by atoms with Crippen LogP contribution in [0.15, 0.2) is 0 Å². The van der Waals surface area contributed by atoms with Crippen LogP contribution in [-0.4, -0.2) is 54.5 Å². The van der Waals surface area contributed by atoms with Crippen LogP contribution in [0.5, 0.6) is 0 Å². The molecule has 0 heterocycles. The summed E-state index contributed by atoms with van der Waals surface area (Å²) in [5.74, 6) is -38.7. The van der Waals surface area contributed by atoms with Crippen molar-refractivity contribution in [1.82, 2.24) is 0 Å². The van der Waals surface area contributed by atoms with Crippen LogP contribution in [0.2, 0.25) is 0 Å². The zero-order valence-corrected chi connectivity index (χ0v) is 17.3. The Balaban J connectivity index is 0. The monoisotopic (exact) mass is 494 g/mol. The molecule has 0 saturated carbocycles. The van der Waals surface area contributed by atoms with Crippen LogP contribution >= 0.6 is 0 Å². The summed E-state index contributed by atoms with van der Waals surface area (Å²) in [5, 5.41) is 0. The van der Waals surface area contributed by atoms with E-state index in [0.29, 0.717) is 0 Å². The van der Waals surface area contributed by atoms with Crippen LogP contribution in [0.4, 0.5) is 57.1 Å². The van der Waals surface area contributed by atoms with Crippen molar-refractivity contribution in [3.8, 4) is 0 Å². The van der Waals surface area contributed by atoms with Crippen molar-refractivity contribution in [2.45, 2.75) is 55.1 Å². The molecule has 0 radical (unpaired) electrons.